The molecule has 0 aromatic rings. The molecule has 0 nitrogen and oxygen atoms in total. The average molecular weight is 180 g/mol. The summed E-state index contributed by atoms with van der Waals surface area (Å²) in [6.45, 7) is 0. The molecule has 6 radical (unpaired) electrons. The Hall–Kier alpha value is 2.29. The van der Waals surface area contributed by atoms with Gasteiger partial charge in [0.25, 0.3) is 0 Å². The Kier molecular flexibility index (Phi) is 156. The first-order valence-corrected chi connectivity index (χ1v) is 0. The minimum Gasteiger partial charge on any atom is 0 e. The van der Waals surface area contributed by atoms with E-state index in [1.807, 2.05) is 0 Å². The van der Waals surface area contributed by atoms with Crippen LogP contribution in [0.15, 0.2) is 0 Å². The van der Waals surface area contributed by atoms with Crippen molar-refractivity contribution in [3.8, 4) is 0 Å². The molecule has 0 heterocycles. The first-order chi connectivity index (χ1) is 0. The van der Waals surface area contributed by atoms with E-state index < -0.39 is 0 Å². The zero-order valence-corrected chi connectivity index (χ0v) is 7.26. The van der Waals surface area contributed by atoms with Crippen LogP contribution in [0.5, 0.6) is 0 Å². The van der Waals surface area contributed by atoms with Crippen molar-refractivity contribution in [3.63, 3.8) is 0 Å². The Morgan fingerprint density at radius 2 is 0.500 bits per heavy atom. The summed E-state index contributed by atoms with van der Waals surface area (Å²) in [5.74, 6) is 0. The van der Waals surface area contributed by atoms with E-state index in [0.29, 0.717) is 0 Å². The monoisotopic (exact) mass is 180 g/mol. The fraction of sp³-hybridized carbons (Fsp3) is 0. The molecule has 0 aromatic heterocycles. The molecule has 0 unspecified atom stereocenters. The molecule has 0 aliphatic rings. The van der Waals surface area contributed by atoms with Crippen molar-refractivity contribution in [2.75, 3.05) is 0 Å². The van der Waals surface area contributed by atoms with Crippen molar-refractivity contribution in [1.29, 1.82) is 0 Å². The van der Waals surface area contributed by atoms with Crippen LogP contribution in [0.3, 0.4) is 0 Å². The summed E-state index contributed by atoms with van der Waals surface area (Å²) in [5.41, 5.74) is 0. The van der Waals surface area contributed by atoms with Crippen LogP contribution >= 0.6 is 0 Å². The molecular formula is AlV3. The smallest absolute Gasteiger partial charge is 0 e. The van der Waals surface area contributed by atoms with E-state index in [9.17, 15) is 0 Å². The van der Waals surface area contributed by atoms with Crippen molar-refractivity contribution in [2.45, 2.75) is 0 Å². The number of rotatable bonds is 0. The molecule has 0 aliphatic heterocycles. The molecule has 0 fully saturated rings. The Morgan fingerprint density at radius 3 is 0.500 bits per heavy atom. The number of hydrogen-bond donors (Lipinski definition) is 0. The molecule has 0 aromatic carbocycles. The summed E-state index contributed by atoms with van der Waals surface area (Å²) in [5, 5.41) is 0. The van der Waals surface area contributed by atoms with E-state index in [1.165, 1.54) is 0 Å². The van der Waals surface area contributed by atoms with Gasteiger partial charge < -0.3 is 0 Å². The Bertz CT molecular complexity index is 3.25. The van der Waals surface area contributed by atoms with Gasteiger partial charge in [0, 0.05) is 73.0 Å². The largest absolute Gasteiger partial charge is 0 e. The zero-order valence-electron chi connectivity index (χ0n) is 1.92. The van der Waals surface area contributed by atoms with Gasteiger partial charge >= 0.3 is 0 Å². The van der Waals surface area contributed by atoms with Crippen molar-refractivity contribution < 1.29 is 55.7 Å². The second-order valence-corrected chi connectivity index (χ2v) is 0. The topological polar surface area (TPSA) is 0 Å². The van der Waals surface area contributed by atoms with Crippen molar-refractivity contribution in [3.05, 3.63) is 0 Å². The standard InChI is InChI=1S/Al.3V. The Labute approximate surface area is 72.3 Å². The Balaban J connectivity index is 0. The van der Waals surface area contributed by atoms with Crippen LogP contribution in [0.4, 0.5) is 0 Å². The van der Waals surface area contributed by atoms with E-state index >= 15 is 0 Å². The molecule has 0 amide bonds. The van der Waals surface area contributed by atoms with Crippen LogP contribution in [-0.4, -0.2) is 17.4 Å². The van der Waals surface area contributed by atoms with Crippen molar-refractivity contribution in [1.82, 2.24) is 0 Å². The van der Waals surface area contributed by atoms with Crippen LogP contribution in [0.1, 0.15) is 0 Å². The predicted octanol–water partition coefficient (Wildman–Crippen LogP) is -0.388. The van der Waals surface area contributed by atoms with Crippen LogP contribution in [-0.2, 0) is 55.7 Å². The third-order valence-corrected chi connectivity index (χ3v) is 0. The second-order valence-electron chi connectivity index (χ2n) is 0. The molecule has 0 N–H and O–H groups in total. The minimum absolute atomic E-state index is 0. The van der Waals surface area contributed by atoms with E-state index in [1.54, 1.807) is 0 Å². The summed E-state index contributed by atoms with van der Waals surface area (Å²) in [6, 6.07) is 0. The third-order valence-electron chi connectivity index (χ3n) is 0. The molecule has 0 spiro atoms. The molecule has 4 heavy (non-hydrogen) atoms. The molecule has 0 atom stereocenters. The summed E-state index contributed by atoms with van der Waals surface area (Å²) in [4.78, 5) is 0. The van der Waals surface area contributed by atoms with Gasteiger partial charge in [0.2, 0.25) is 0 Å². The van der Waals surface area contributed by atoms with Gasteiger partial charge in [-0.3, -0.25) is 0 Å². The van der Waals surface area contributed by atoms with Gasteiger partial charge in [0.15, 0.2) is 0 Å². The van der Waals surface area contributed by atoms with Gasteiger partial charge in [-0.2, -0.15) is 0 Å². The molecule has 0 aliphatic carbocycles. The van der Waals surface area contributed by atoms with Crippen LogP contribution in [0.2, 0.25) is 0 Å². The first-order valence-electron chi connectivity index (χ1n) is 0. The molecular weight excluding hydrogens is 180 g/mol. The fourth-order valence-electron chi connectivity index (χ4n) is 0. The molecule has 0 saturated heterocycles. The zero-order chi connectivity index (χ0) is 0. The van der Waals surface area contributed by atoms with E-state index in [2.05, 4.69) is 0 Å². The van der Waals surface area contributed by atoms with Crippen molar-refractivity contribution in [2.24, 2.45) is 0 Å². The maximum absolute atomic E-state index is 0. The van der Waals surface area contributed by atoms with Crippen LogP contribution < -0.4 is 0 Å². The molecule has 18 valence electrons. The second kappa shape index (κ2) is 18.6. The van der Waals surface area contributed by atoms with E-state index in [-0.39, 0.29) is 73.0 Å². The van der Waals surface area contributed by atoms with Gasteiger partial charge in [0.05, 0.1) is 0 Å². The quantitative estimate of drug-likeness (QED) is 0.445. The van der Waals surface area contributed by atoms with Gasteiger partial charge in [0.1, 0.15) is 0 Å². The molecule has 0 rings (SSSR count). The number of hydrogen-bond acceptors (Lipinski definition) is 0. The fourth-order valence-corrected chi connectivity index (χ4v) is 0. The third kappa shape index (κ3) is 8.86. The molecule has 0 saturated carbocycles. The van der Waals surface area contributed by atoms with Gasteiger partial charge in [-0.25, -0.2) is 0 Å². The van der Waals surface area contributed by atoms with Gasteiger partial charge in [-0.1, -0.05) is 0 Å². The van der Waals surface area contributed by atoms with E-state index in [0.717, 1.165) is 0 Å². The normalized spacial score (nSPS) is 0. The van der Waals surface area contributed by atoms with Crippen LogP contribution in [0.25, 0.3) is 0 Å². The van der Waals surface area contributed by atoms with E-state index in [4.69, 9.17) is 0 Å². The molecule has 0 bridgehead atoms. The first kappa shape index (κ1) is 33.6. The van der Waals surface area contributed by atoms with Crippen LogP contribution in [0, 0.1) is 0 Å². The maximum atomic E-state index is 0. The summed E-state index contributed by atoms with van der Waals surface area (Å²) < 4.78 is 0. The minimum atomic E-state index is 0. The maximum Gasteiger partial charge on any atom is 0 e. The van der Waals surface area contributed by atoms with Gasteiger partial charge in [-0.05, 0) is 0 Å². The summed E-state index contributed by atoms with van der Waals surface area (Å²) in [7, 11) is 0. The summed E-state index contributed by atoms with van der Waals surface area (Å²) in [6.07, 6.45) is 0. The summed E-state index contributed by atoms with van der Waals surface area (Å²) >= 11 is 0. The SMILES string of the molecule is [Al].[V].[V].[V]. The van der Waals surface area contributed by atoms with Gasteiger partial charge in [-0.15, -0.1) is 0 Å². The molecule has 4 heteroatoms. The average Bonchev–Trinajstić information content (AvgIpc) is 0. The Morgan fingerprint density at radius 1 is 0.500 bits per heavy atom. The predicted molar refractivity (Wildman–Crippen MR) is 5.75 cm³/mol. The van der Waals surface area contributed by atoms with Crippen molar-refractivity contribution >= 4 is 17.4 Å².